The minimum Gasteiger partial charge on any atom is -0.461 e. The van der Waals surface area contributed by atoms with Crippen molar-refractivity contribution in [2.45, 2.75) is 25.6 Å². The number of sulfonamides is 1. The first kappa shape index (κ1) is 18.7. The number of halogens is 3. The number of esters is 1. The molecule has 24 heavy (non-hydrogen) atoms. The lowest BCUT2D eigenvalue weighted by Gasteiger charge is -2.28. The summed E-state index contributed by atoms with van der Waals surface area (Å²) in [6, 6.07) is 4.41. The number of alkyl halides is 3. The summed E-state index contributed by atoms with van der Waals surface area (Å²) < 4.78 is 66.6. The highest BCUT2D eigenvalue weighted by molar-refractivity contribution is 7.88. The van der Waals surface area contributed by atoms with E-state index in [0.717, 1.165) is 18.4 Å². The van der Waals surface area contributed by atoms with E-state index in [4.69, 9.17) is 4.74 Å². The standard InChI is InChI=1S/C15H18F3NO4S/c1-24(21,22)19-8-6-12(7-9-19)14(20)23-10-11-2-4-13(5-3-11)15(16,17)18/h2-5,12H,6-10H2,1H3. The maximum atomic E-state index is 12.5. The van der Waals surface area contributed by atoms with Gasteiger partial charge in [0.25, 0.3) is 0 Å². The highest BCUT2D eigenvalue weighted by atomic mass is 32.2. The van der Waals surface area contributed by atoms with Crippen LogP contribution in [0.25, 0.3) is 0 Å². The number of carbonyl (C=O) groups excluding carboxylic acids is 1. The largest absolute Gasteiger partial charge is 0.461 e. The third-order valence-corrected chi connectivity index (χ3v) is 5.22. The molecule has 0 aromatic heterocycles. The van der Waals surface area contributed by atoms with Crippen molar-refractivity contribution in [3.63, 3.8) is 0 Å². The van der Waals surface area contributed by atoms with Crippen molar-refractivity contribution in [3.05, 3.63) is 35.4 Å². The second kappa shape index (κ2) is 7.10. The van der Waals surface area contributed by atoms with Gasteiger partial charge in [0.05, 0.1) is 17.7 Å². The molecule has 1 aromatic rings. The van der Waals surface area contributed by atoms with E-state index >= 15 is 0 Å². The van der Waals surface area contributed by atoms with Crippen LogP contribution in [-0.2, 0) is 32.3 Å². The van der Waals surface area contributed by atoms with Crippen molar-refractivity contribution in [3.8, 4) is 0 Å². The van der Waals surface area contributed by atoms with E-state index in [1.807, 2.05) is 0 Å². The van der Waals surface area contributed by atoms with Gasteiger partial charge in [-0.2, -0.15) is 13.2 Å². The molecule has 0 spiro atoms. The Morgan fingerprint density at radius 3 is 2.21 bits per heavy atom. The van der Waals surface area contributed by atoms with Crippen LogP contribution in [0.2, 0.25) is 0 Å². The zero-order chi connectivity index (χ0) is 18.0. The zero-order valence-electron chi connectivity index (χ0n) is 13.0. The molecule has 2 rings (SSSR count). The Morgan fingerprint density at radius 1 is 1.21 bits per heavy atom. The van der Waals surface area contributed by atoms with Crippen molar-refractivity contribution in [2.24, 2.45) is 5.92 Å². The van der Waals surface area contributed by atoms with Crippen LogP contribution in [0.1, 0.15) is 24.0 Å². The first-order valence-corrected chi connectivity index (χ1v) is 9.20. The van der Waals surface area contributed by atoms with Gasteiger partial charge in [-0.05, 0) is 30.5 Å². The Kier molecular flexibility index (Phi) is 5.54. The number of ether oxygens (including phenoxy) is 1. The molecule has 1 heterocycles. The summed E-state index contributed by atoms with van der Waals surface area (Å²) in [5, 5.41) is 0. The number of carbonyl (C=O) groups is 1. The van der Waals surface area contributed by atoms with Crippen LogP contribution < -0.4 is 0 Å². The average molecular weight is 365 g/mol. The molecule has 0 bridgehead atoms. The lowest BCUT2D eigenvalue weighted by molar-refractivity contribution is -0.151. The highest BCUT2D eigenvalue weighted by Crippen LogP contribution is 2.29. The van der Waals surface area contributed by atoms with E-state index < -0.39 is 33.7 Å². The van der Waals surface area contributed by atoms with Gasteiger partial charge in [-0.25, -0.2) is 12.7 Å². The van der Waals surface area contributed by atoms with Crippen LogP contribution in [0.15, 0.2) is 24.3 Å². The maximum absolute atomic E-state index is 12.5. The predicted molar refractivity (Wildman–Crippen MR) is 80.4 cm³/mol. The fraction of sp³-hybridized carbons (Fsp3) is 0.533. The summed E-state index contributed by atoms with van der Waals surface area (Å²) in [6.45, 7) is 0.418. The first-order chi connectivity index (χ1) is 11.1. The number of hydrogen-bond donors (Lipinski definition) is 0. The van der Waals surface area contributed by atoms with Crippen molar-refractivity contribution in [1.29, 1.82) is 0 Å². The molecule has 0 unspecified atom stereocenters. The molecule has 0 radical (unpaired) electrons. The zero-order valence-corrected chi connectivity index (χ0v) is 13.9. The lowest BCUT2D eigenvalue weighted by atomic mass is 9.98. The minimum atomic E-state index is -4.40. The summed E-state index contributed by atoms with van der Waals surface area (Å²) in [5.74, 6) is -0.847. The predicted octanol–water partition coefficient (Wildman–Crippen LogP) is 2.42. The third kappa shape index (κ3) is 4.94. The van der Waals surface area contributed by atoms with Gasteiger partial charge in [0.1, 0.15) is 6.61 Å². The summed E-state index contributed by atoms with van der Waals surface area (Å²) >= 11 is 0. The van der Waals surface area contributed by atoms with E-state index in [0.29, 0.717) is 18.4 Å². The van der Waals surface area contributed by atoms with Crippen molar-refractivity contribution in [2.75, 3.05) is 19.3 Å². The van der Waals surface area contributed by atoms with Gasteiger partial charge < -0.3 is 4.74 Å². The summed E-state index contributed by atoms with van der Waals surface area (Å²) in [7, 11) is -3.26. The molecule has 1 aromatic carbocycles. The molecule has 5 nitrogen and oxygen atoms in total. The Morgan fingerprint density at radius 2 is 1.75 bits per heavy atom. The Hall–Kier alpha value is -1.61. The summed E-state index contributed by atoms with van der Waals surface area (Å²) in [4.78, 5) is 12.0. The van der Waals surface area contributed by atoms with Gasteiger partial charge in [-0.3, -0.25) is 4.79 Å². The molecule has 1 aliphatic rings. The molecular weight excluding hydrogens is 347 g/mol. The van der Waals surface area contributed by atoms with Crippen molar-refractivity contribution in [1.82, 2.24) is 4.31 Å². The van der Waals surface area contributed by atoms with Crippen LogP contribution in [0.5, 0.6) is 0 Å². The minimum absolute atomic E-state index is 0.108. The van der Waals surface area contributed by atoms with Gasteiger partial charge in [-0.15, -0.1) is 0 Å². The molecular formula is C15H18F3NO4S. The van der Waals surface area contributed by atoms with Crippen LogP contribution in [0.3, 0.4) is 0 Å². The molecule has 9 heteroatoms. The normalized spacial score (nSPS) is 17.7. The van der Waals surface area contributed by atoms with Gasteiger partial charge in [0.2, 0.25) is 10.0 Å². The molecule has 0 aliphatic carbocycles. The van der Waals surface area contributed by atoms with E-state index in [-0.39, 0.29) is 19.7 Å². The SMILES string of the molecule is CS(=O)(=O)N1CCC(C(=O)OCc2ccc(C(F)(F)F)cc2)CC1. The number of piperidine rings is 1. The van der Waals surface area contributed by atoms with E-state index in [1.54, 1.807) is 0 Å². The summed E-state index contributed by atoms with van der Waals surface area (Å²) in [6.07, 6.45) is -2.53. The monoisotopic (exact) mass is 365 g/mol. The molecule has 134 valence electrons. The van der Waals surface area contributed by atoms with E-state index in [1.165, 1.54) is 16.4 Å². The average Bonchev–Trinajstić information content (AvgIpc) is 2.51. The second-order valence-electron chi connectivity index (χ2n) is 5.74. The smallest absolute Gasteiger partial charge is 0.416 e. The number of rotatable bonds is 4. The van der Waals surface area contributed by atoms with Gasteiger partial charge in [-0.1, -0.05) is 12.1 Å². The molecule has 1 fully saturated rings. The van der Waals surface area contributed by atoms with Crippen molar-refractivity contribution >= 4 is 16.0 Å². The van der Waals surface area contributed by atoms with Gasteiger partial charge in [0, 0.05) is 13.1 Å². The van der Waals surface area contributed by atoms with Crippen molar-refractivity contribution < 1.29 is 31.1 Å². The van der Waals surface area contributed by atoms with Crippen LogP contribution in [0, 0.1) is 5.92 Å². The van der Waals surface area contributed by atoms with Crippen LogP contribution >= 0.6 is 0 Å². The quantitative estimate of drug-likeness (QED) is 0.769. The molecule has 1 aliphatic heterocycles. The molecule has 0 saturated carbocycles. The lowest BCUT2D eigenvalue weighted by Crippen LogP contribution is -2.40. The first-order valence-electron chi connectivity index (χ1n) is 7.35. The Labute approximate surface area is 138 Å². The van der Waals surface area contributed by atoms with E-state index in [2.05, 4.69) is 0 Å². The molecule has 0 amide bonds. The Bertz CT molecular complexity index is 678. The summed E-state index contributed by atoms with van der Waals surface area (Å²) in [5.41, 5.74) is -0.296. The number of hydrogen-bond acceptors (Lipinski definition) is 4. The van der Waals surface area contributed by atoms with Crippen LogP contribution in [-0.4, -0.2) is 38.0 Å². The molecule has 1 saturated heterocycles. The molecule has 0 N–H and O–H groups in total. The third-order valence-electron chi connectivity index (χ3n) is 3.92. The van der Waals surface area contributed by atoms with Crippen LogP contribution in [0.4, 0.5) is 13.2 Å². The fourth-order valence-corrected chi connectivity index (χ4v) is 3.36. The number of benzene rings is 1. The topological polar surface area (TPSA) is 63.7 Å². The Balaban J connectivity index is 1.84. The fourth-order valence-electron chi connectivity index (χ4n) is 2.49. The van der Waals surface area contributed by atoms with Gasteiger partial charge in [0.15, 0.2) is 0 Å². The maximum Gasteiger partial charge on any atom is 0.416 e. The highest BCUT2D eigenvalue weighted by Gasteiger charge is 2.31. The van der Waals surface area contributed by atoms with Gasteiger partial charge >= 0.3 is 12.1 Å². The second-order valence-corrected chi connectivity index (χ2v) is 7.72. The van der Waals surface area contributed by atoms with E-state index in [9.17, 15) is 26.4 Å². The number of nitrogens with zero attached hydrogens (tertiary/aromatic N) is 1. The molecule has 0 atom stereocenters.